The number of phosphoric acid groups is 1. The van der Waals surface area contributed by atoms with E-state index in [-0.39, 0.29) is 50.2 Å². The molecule has 0 amide bonds. The fourth-order valence-electron chi connectivity index (χ4n) is 1.22. The zero-order valence-corrected chi connectivity index (χ0v) is 11.3. The number of aliphatic hydroxyl groups is 1. The molecule has 15 heavy (non-hydrogen) atoms. The van der Waals surface area contributed by atoms with Gasteiger partial charge in [0.25, 0.3) is 0 Å². The molecule has 0 bridgehead atoms. The van der Waals surface area contributed by atoms with Gasteiger partial charge in [0.1, 0.15) is 6.10 Å². The summed E-state index contributed by atoms with van der Waals surface area (Å²) in [6.45, 7) is -0.0790. The van der Waals surface area contributed by atoms with E-state index in [0.717, 1.165) is 0 Å². The third kappa shape index (κ3) is 6.33. The summed E-state index contributed by atoms with van der Waals surface area (Å²) in [5.41, 5.74) is 5.49. The van der Waals surface area contributed by atoms with Gasteiger partial charge in [0.05, 0.1) is 19.3 Å². The smallest absolute Gasteiger partial charge is 1.00 e. The van der Waals surface area contributed by atoms with Crippen LogP contribution in [0.1, 0.15) is 7.85 Å². The van der Waals surface area contributed by atoms with Gasteiger partial charge in [-0.2, -0.15) is 0 Å². The molecule has 0 aromatic carbocycles. The third-order valence-electron chi connectivity index (χ3n) is 1.90. The van der Waals surface area contributed by atoms with Crippen LogP contribution in [0.5, 0.6) is 0 Å². The summed E-state index contributed by atoms with van der Waals surface area (Å²) in [4.78, 5) is 16.8. The predicted octanol–water partition coefficient (Wildman–Crippen LogP) is -4.31. The summed E-state index contributed by atoms with van der Waals surface area (Å²) in [5, 5.41) is 9.40. The second-order valence-electron chi connectivity index (χ2n) is 3.22. The molecule has 7 nitrogen and oxygen atoms in total. The van der Waals surface area contributed by atoms with Crippen LogP contribution >= 0.6 is 7.82 Å². The van der Waals surface area contributed by atoms with E-state index in [1.54, 1.807) is 0 Å². The summed E-state index contributed by atoms with van der Waals surface area (Å²) >= 11 is 0. The van der Waals surface area contributed by atoms with Crippen molar-refractivity contribution in [1.82, 2.24) is 0 Å². The second-order valence-corrected chi connectivity index (χ2v) is 4.46. The standard InChI is InChI=1S/C6H14NO6P.Na.H/c7-4-1-5(8)6(12-2-4)3-13-14(9,10)11;;/h4-6,8H,1-3,7H2,(H2,9,10,11);;/q;+1;-1/t4-,5-,6+;;/m0../s1. The number of nitrogens with two attached hydrogens (primary N) is 1. The van der Waals surface area contributed by atoms with E-state index in [2.05, 4.69) is 4.52 Å². The van der Waals surface area contributed by atoms with E-state index in [1.165, 1.54) is 0 Å². The van der Waals surface area contributed by atoms with Crippen LogP contribution in [-0.2, 0) is 13.8 Å². The molecule has 0 aromatic heterocycles. The van der Waals surface area contributed by atoms with Crippen molar-refractivity contribution >= 4 is 7.82 Å². The Balaban J connectivity index is 0. The molecule has 1 fully saturated rings. The molecule has 0 radical (unpaired) electrons. The summed E-state index contributed by atoms with van der Waals surface area (Å²) in [7, 11) is -4.50. The van der Waals surface area contributed by atoms with Gasteiger partial charge >= 0.3 is 37.4 Å². The van der Waals surface area contributed by atoms with Crippen molar-refractivity contribution in [1.29, 1.82) is 0 Å². The van der Waals surface area contributed by atoms with Gasteiger partial charge in [0.2, 0.25) is 0 Å². The monoisotopic (exact) mass is 251 g/mol. The van der Waals surface area contributed by atoms with Gasteiger partial charge in [-0.15, -0.1) is 0 Å². The Morgan fingerprint density at radius 1 is 1.60 bits per heavy atom. The average Bonchev–Trinajstić information content (AvgIpc) is 2.00. The Hall–Kier alpha value is 0.990. The van der Waals surface area contributed by atoms with Crippen LogP contribution < -0.4 is 35.3 Å². The first-order chi connectivity index (χ1) is 6.38. The minimum absolute atomic E-state index is 0. The Bertz CT molecular complexity index is 241. The first-order valence-electron chi connectivity index (χ1n) is 4.14. The average molecular weight is 251 g/mol. The van der Waals surface area contributed by atoms with Gasteiger partial charge in [0.15, 0.2) is 0 Å². The van der Waals surface area contributed by atoms with E-state index in [1.807, 2.05) is 0 Å². The largest absolute Gasteiger partial charge is 1.00 e. The maximum atomic E-state index is 10.4. The first kappa shape index (κ1) is 16.0. The molecule has 1 heterocycles. The number of hydrogen-bond donors (Lipinski definition) is 4. The van der Waals surface area contributed by atoms with Gasteiger partial charge in [-0.1, -0.05) is 0 Å². The van der Waals surface area contributed by atoms with Gasteiger partial charge in [-0.3, -0.25) is 4.52 Å². The minimum Gasteiger partial charge on any atom is -1.00 e. The molecule has 86 valence electrons. The van der Waals surface area contributed by atoms with Crippen molar-refractivity contribution in [3.05, 3.63) is 0 Å². The number of phosphoric ester groups is 1. The van der Waals surface area contributed by atoms with Crippen LogP contribution in [0.15, 0.2) is 0 Å². The van der Waals surface area contributed by atoms with E-state index in [4.69, 9.17) is 20.3 Å². The van der Waals surface area contributed by atoms with E-state index in [0.29, 0.717) is 6.42 Å². The number of aliphatic hydroxyl groups excluding tert-OH is 1. The molecule has 9 heteroatoms. The molecule has 0 aromatic rings. The zero-order valence-electron chi connectivity index (χ0n) is 9.44. The summed E-state index contributed by atoms with van der Waals surface area (Å²) < 4.78 is 19.6. The Labute approximate surface area is 111 Å². The van der Waals surface area contributed by atoms with Crippen molar-refractivity contribution < 1.29 is 59.7 Å². The maximum Gasteiger partial charge on any atom is 1.00 e. The second kappa shape index (κ2) is 6.66. The topological polar surface area (TPSA) is 122 Å². The molecule has 1 saturated heterocycles. The molecular formula is C6H15NNaO6P. The fourth-order valence-corrected chi connectivity index (χ4v) is 1.56. The molecule has 0 saturated carbocycles. The van der Waals surface area contributed by atoms with Gasteiger partial charge in [0, 0.05) is 6.04 Å². The van der Waals surface area contributed by atoms with Crippen molar-refractivity contribution in [2.24, 2.45) is 5.73 Å². The van der Waals surface area contributed by atoms with E-state index >= 15 is 0 Å². The quantitative estimate of drug-likeness (QED) is 0.295. The van der Waals surface area contributed by atoms with Gasteiger partial charge in [-0.25, -0.2) is 4.57 Å². The van der Waals surface area contributed by atoms with Crippen LogP contribution in [0.25, 0.3) is 0 Å². The molecule has 1 rings (SSSR count). The Morgan fingerprint density at radius 2 is 2.20 bits per heavy atom. The molecular weight excluding hydrogens is 236 g/mol. The number of rotatable bonds is 3. The number of hydrogen-bond acceptors (Lipinski definition) is 5. The summed E-state index contributed by atoms with van der Waals surface area (Å²) in [6, 6.07) is -0.240. The first-order valence-corrected chi connectivity index (χ1v) is 5.67. The Kier molecular flexibility index (Phi) is 7.10. The van der Waals surface area contributed by atoms with Crippen molar-refractivity contribution in [2.75, 3.05) is 13.2 Å². The fraction of sp³-hybridized carbons (Fsp3) is 1.00. The third-order valence-corrected chi connectivity index (χ3v) is 2.39. The molecule has 1 aliphatic rings. The van der Waals surface area contributed by atoms with Crippen LogP contribution in [0, 0.1) is 0 Å². The molecule has 1 aliphatic heterocycles. The number of ether oxygens (including phenoxy) is 1. The molecule has 3 atom stereocenters. The molecule has 0 unspecified atom stereocenters. The molecule has 5 N–H and O–H groups in total. The minimum atomic E-state index is -4.50. The van der Waals surface area contributed by atoms with Crippen LogP contribution in [-0.4, -0.2) is 46.4 Å². The van der Waals surface area contributed by atoms with Crippen molar-refractivity contribution in [2.45, 2.75) is 24.7 Å². The summed E-state index contributed by atoms with van der Waals surface area (Å²) in [6.07, 6.45) is -1.22. The normalized spacial score (nSPS) is 32.1. The predicted molar refractivity (Wildman–Crippen MR) is 47.4 cm³/mol. The van der Waals surface area contributed by atoms with Crippen LogP contribution in [0.4, 0.5) is 0 Å². The molecule has 0 spiro atoms. The van der Waals surface area contributed by atoms with E-state index < -0.39 is 20.0 Å². The van der Waals surface area contributed by atoms with Gasteiger partial charge < -0.3 is 26.8 Å². The van der Waals surface area contributed by atoms with Crippen molar-refractivity contribution in [3.63, 3.8) is 0 Å². The Morgan fingerprint density at radius 3 is 2.67 bits per heavy atom. The SMILES string of the molecule is N[C@@H]1CO[C@H](COP(=O)(O)O)[C@@H](O)C1.[H-].[Na+]. The maximum absolute atomic E-state index is 10.4. The van der Waals surface area contributed by atoms with Crippen LogP contribution in [0.2, 0.25) is 0 Å². The van der Waals surface area contributed by atoms with Gasteiger partial charge in [-0.05, 0) is 6.42 Å². The van der Waals surface area contributed by atoms with Crippen LogP contribution in [0.3, 0.4) is 0 Å². The molecule has 0 aliphatic carbocycles. The van der Waals surface area contributed by atoms with Crippen molar-refractivity contribution in [3.8, 4) is 0 Å². The van der Waals surface area contributed by atoms with E-state index in [9.17, 15) is 9.67 Å². The summed E-state index contributed by atoms with van der Waals surface area (Å²) in [5.74, 6) is 0. The zero-order chi connectivity index (χ0) is 10.8.